The Morgan fingerprint density at radius 3 is 3.00 bits per heavy atom. The van der Waals surface area contributed by atoms with Gasteiger partial charge in [0.25, 0.3) is 0 Å². The first kappa shape index (κ1) is 10.1. The van der Waals surface area contributed by atoms with E-state index in [9.17, 15) is 4.79 Å². The van der Waals surface area contributed by atoms with Crippen LogP contribution in [0.1, 0.15) is 37.4 Å². The first-order valence-electron chi connectivity index (χ1n) is 5.48. The van der Waals surface area contributed by atoms with Crippen LogP contribution >= 0.6 is 0 Å². The van der Waals surface area contributed by atoms with E-state index in [0.29, 0.717) is 6.42 Å². The molecule has 0 N–H and O–H groups in total. The Balaban J connectivity index is 2.32. The maximum absolute atomic E-state index is 11.3. The summed E-state index contributed by atoms with van der Waals surface area (Å²) in [5, 5.41) is 0. The van der Waals surface area contributed by atoms with Crippen LogP contribution in [0.5, 0.6) is 0 Å². The molecular weight excluding hydrogens is 186 g/mol. The third-order valence-corrected chi connectivity index (χ3v) is 2.75. The highest BCUT2D eigenvalue weighted by atomic mass is 16.1. The van der Waals surface area contributed by atoms with Crippen molar-refractivity contribution in [1.82, 2.24) is 4.98 Å². The van der Waals surface area contributed by atoms with Crippen LogP contribution in [0.15, 0.2) is 24.4 Å². The monoisotopic (exact) mass is 201 g/mol. The topological polar surface area (TPSA) is 30.0 Å². The Hall–Kier alpha value is -1.44. The fourth-order valence-corrected chi connectivity index (χ4v) is 1.89. The standard InChI is InChI=1S/C13H15NO/c1-2-12-8-11(6-7-14-12)10-4-3-5-13(15)9-10/h6-9H,2-5H2,1H3. The van der Waals surface area contributed by atoms with Gasteiger partial charge in [0.1, 0.15) is 0 Å². The molecule has 0 unspecified atom stereocenters. The molecule has 1 aromatic rings. The molecule has 0 atom stereocenters. The van der Waals surface area contributed by atoms with Crippen LogP contribution in [-0.2, 0) is 11.2 Å². The lowest BCUT2D eigenvalue weighted by molar-refractivity contribution is -0.114. The molecule has 0 saturated heterocycles. The summed E-state index contributed by atoms with van der Waals surface area (Å²) in [5.74, 6) is 0.256. The van der Waals surface area contributed by atoms with Gasteiger partial charge in [-0.1, -0.05) is 6.92 Å². The number of rotatable bonds is 2. The third kappa shape index (κ3) is 2.32. The van der Waals surface area contributed by atoms with Crippen molar-refractivity contribution in [3.8, 4) is 0 Å². The minimum Gasteiger partial charge on any atom is -0.295 e. The van der Waals surface area contributed by atoms with Crippen LogP contribution in [-0.4, -0.2) is 10.8 Å². The Labute approximate surface area is 90.0 Å². The summed E-state index contributed by atoms with van der Waals surface area (Å²) >= 11 is 0. The van der Waals surface area contributed by atoms with Crippen molar-refractivity contribution in [3.63, 3.8) is 0 Å². The predicted octanol–water partition coefficient (Wildman–Crippen LogP) is 2.78. The second-order valence-electron chi connectivity index (χ2n) is 3.88. The molecule has 1 aliphatic carbocycles. The number of hydrogen-bond donors (Lipinski definition) is 0. The summed E-state index contributed by atoms with van der Waals surface area (Å²) in [6.07, 6.45) is 7.25. The van der Waals surface area contributed by atoms with Crippen LogP contribution in [0.3, 0.4) is 0 Å². The van der Waals surface area contributed by atoms with E-state index in [1.807, 2.05) is 12.3 Å². The van der Waals surface area contributed by atoms with E-state index >= 15 is 0 Å². The van der Waals surface area contributed by atoms with Gasteiger partial charge in [0.05, 0.1) is 0 Å². The number of carbonyl (C=O) groups excluding carboxylic acids is 1. The van der Waals surface area contributed by atoms with Crippen LogP contribution in [0.4, 0.5) is 0 Å². The first-order valence-corrected chi connectivity index (χ1v) is 5.48. The van der Waals surface area contributed by atoms with Crippen molar-refractivity contribution in [3.05, 3.63) is 35.7 Å². The number of carbonyl (C=O) groups is 1. The molecule has 0 amide bonds. The molecule has 0 aromatic carbocycles. The summed E-state index contributed by atoms with van der Waals surface area (Å²) in [6.45, 7) is 2.09. The van der Waals surface area contributed by atoms with Crippen molar-refractivity contribution in [2.24, 2.45) is 0 Å². The van der Waals surface area contributed by atoms with Gasteiger partial charge in [-0.2, -0.15) is 0 Å². The van der Waals surface area contributed by atoms with Gasteiger partial charge in [-0.25, -0.2) is 0 Å². The largest absolute Gasteiger partial charge is 0.295 e. The van der Waals surface area contributed by atoms with Crippen LogP contribution in [0.25, 0.3) is 5.57 Å². The van der Waals surface area contributed by atoms with Gasteiger partial charge in [-0.3, -0.25) is 9.78 Å². The van der Waals surface area contributed by atoms with Crippen molar-refractivity contribution in [2.75, 3.05) is 0 Å². The summed E-state index contributed by atoms with van der Waals surface area (Å²) in [7, 11) is 0. The van der Waals surface area contributed by atoms with Crippen LogP contribution in [0, 0.1) is 0 Å². The molecule has 1 aromatic heterocycles. The Morgan fingerprint density at radius 1 is 1.40 bits per heavy atom. The molecule has 1 heterocycles. The van der Waals surface area contributed by atoms with E-state index in [1.54, 1.807) is 6.08 Å². The smallest absolute Gasteiger partial charge is 0.155 e. The van der Waals surface area contributed by atoms with Gasteiger partial charge < -0.3 is 0 Å². The van der Waals surface area contributed by atoms with Gasteiger partial charge in [-0.15, -0.1) is 0 Å². The molecule has 0 aliphatic heterocycles. The molecule has 0 fully saturated rings. The van der Waals surface area contributed by atoms with E-state index < -0.39 is 0 Å². The predicted molar refractivity (Wildman–Crippen MR) is 60.5 cm³/mol. The van der Waals surface area contributed by atoms with E-state index in [0.717, 1.165) is 30.5 Å². The lowest BCUT2D eigenvalue weighted by atomic mass is 9.93. The fraction of sp³-hybridized carbons (Fsp3) is 0.385. The summed E-state index contributed by atoms with van der Waals surface area (Å²) in [4.78, 5) is 15.6. The van der Waals surface area contributed by atoms with Gasteiger partial charge in [0.15, 0.2) is 5.78 Å². The van der Waals surface area contributed by atoms with E-state index in [4.69, 9.17) is 0 Å². The lowest BCUT2D eigenvalue weighted by Gasteiger charge is -2.12. The third-order valence-electron chi connectivity index (χ3n) is 2.75. The van der Waals surface area contributed by atoms with Crippen molar-refractivity contribution < 1.29 is 4.79 Å². The van der Waals surface area contributed by atoms with Crippen molar-refractivity contribution in [2.45, 2.75) is 32.6 Å². The Bertz CT molecular complexity index is 407. The highest BCUT2D eigenvalue weighted by Crippen LogP contribution is 2.25. The maximum atomic E-state index is 11.3. The van der Waals surface area contributed by atoms with Crippen LogP contribution < -0.4 is 0 Å². The van der Waals surface area contributed by atoms with Gasteiger partial charge in [0.2, 0.25) is 0 Å². The number of ketones is 1. The maximum Gasteiger partial charge on any atom is 0.155 e. The van der Waals surface area contributed by atoms with Gasteiger partial charge >= 0.3 is 0 Å². The fourth-order valence-electron chi connectivity index (χ4n) is 1.89. The Kier molecular flexibility index (Phi) is 2.95. The quantitative estimate of drug-likeness (QED) is 0.736. The van der Waals surface area contributed by atoms with Gasteiger partial charge in [0, 0.05) is 18.3 Å². The SMILES string of the molecule is CCc1cc(C2=CC(=O)CCC2)ccn1. The lowest BCUT2D eigenvalue weighted by Crippen LogP contribution is -2.02. The van der Waals surface area contributed by atoms with Crippen molar-refractivity contribution in [1.29, 1.82) is 0 Å². The molecule has 2 heteroatoms. The highest BCUT2D eigenvalue weighted by molar-refractivity contribution is 5.98. The molecule has 0 radical (unpaired) electrons. The van der Waals surface area contributed by atoms with E-state index in [2.05, 4.69) is 18.0 Å². The molecular formula is C13H15NO. The summed E-state index contributed by atoms with van der Waals surface area (Å²) in [6, 6.07) is 4.08. The number of aromatic nitrogens is 1. The normalized spacial score (nSPS) is 16.3. The number of nitrogens with zero attached hydrogens (tertiary/aromatic N) is 1. The zero-order valence-electron chi connectivity index (χ0n) is 8.99. The molecule has 0 spiro atoms. The average molecular weight is 201 g/mol. The van der Waals surface area contributed by atoms with E-state index in [1.165, 1.54) is 5.57 Å². The zero-order chi connectivity index (χ0) is 10.7. The second kappa shape index (κ2) is 4.39. The molecule has 2 nitrogen and oxygen atoms in total. The second-order valence-corrected chi connectivity index (χ2v) is 3.88. The molecule has 15 heavy (non-hydrogen) atoms. The van der Waals surface area contributed by atoms with Crippen molar-refractivity contribution >= 4 is 11.4 Å². The van der Waals surface area contributed by atoms with E-state index in [-0.39, 0.29) is 5.78 Å². The molecule has 0 bridgehead atoms. The number of pyridine rings is 1. The molecule has 78 valence electrons. The summed E-state index contributed by atoms with van der Waals surface area (Å²) < 4.78 is 0. The minimum atomic E-state index is 0.256. The zero-order valence-corrected chi connectivity index (χ0v) is 8.99. The van der Waals surface area contributed by atoms with Gasteiger partial charge in [-0.05, 0) is 48.6 Å². The molecule has 2 rings (SSSR count). The molecule has 1 aliphatic rings. The average Bonchev–Trinajstić information content (AvgIpc) is 2.29. The number of aryl methyl sites for hydroxylation is 1. The Morgan fingerprint density at radius 2 is 2.27 bits per heavy atom. The first-order chi connectivity index (χ1) is 7.29. The highest BCUT2D eigenvalue weighted by Gasteiger charge is 2.11. The summed E-state index contributed by atoms with van der Waals surface area (Å²) in [5.41, 5.74) is 3.42. The number of allylic oxidation sites excluding steroid dienone is 2. The molecule has 0 saturated carbocycles. The minimum absolute atomic E-state index is 0.256. The van der Waals surface area contributed by atoms with Crippen LogP contribution in [0.2, 0.25) is 0 Å². The number of hydrogen-bond acceptors (Lipinski definition) is 2.